The largest absolute Gasteiger partial charge is 0.330 e. The first kappa shape index (κ1) is 15.5. The highest BCUT2D eigenvalue weighted by Crippen LogP contribution is 2.22. The van der Waals surface area contributed by atoms with Gasteiger partial charge in [-0.05, 0) is 24.3 Å². The van der Waals surface area contributed by atoms with Crippen LogP contribution in [0.2, 0.25) is 0 Å². The molecule has 7 nitrogen and oxygen atoms in total. The minimum absolute atomic E-state index is 0.0665. The van der Waals surface area contributed by atoms with Crippen LogP contribution >= 0.6 is 0 Å². The molecule has 25 heavy (non-hydrogen) atoms. The highest BCUT2D eigenvalue weighted by molar-refractivity contribution is 7.90. The Balaban J connectivity index is 1.60. The van der Waals surface area contributed by atoms with Crippen LogP contribution < -0.4 is 5.32 Å². The van der Waals surface area contributed by atoms with Crippen molar-refractivity contribution in [3.8, 4) is 0 Å². The first-order chi connectivity index (χ1) is 12.0. The highest BCUT2D eigenvalue weighted by Gasteiger charge is 2.25. The topological polar surface area (TPSA) is 91.7 Å². The van der Waals surface area contributed by atoms with E-state index in [0.29, 0.717) is 22.6 Å². The number of nitrogens with zero attached hydrogens (tertiary/aromatic N) is 3. The number of anilines is 1. The molecule has 0 atom stereocenters. The maximum atomic E-state index is 12.6. The fourth-order valence-corrected chi connectivity index (χ4v) is 3.70. The molecule has 0 spiro atoms. The van der Waals surface area contributed by atoms with Crippen molar-refractivity contribution in [3.63, 3.8) is 0 Å². The summed E-state index contributed by atoms with van der Waals surface area (Å²) >= 11 is 0. The number of nitrogens with one attached hydrogen (secondary N) is 1. The standard InChI is InChI=1S/C17H14N4O3S/c22-17(19-14-5-1-3-12-4-2-8-18-16(12)14)13-6-7-15-20-25(23,24)10-9-21(15)11-13/h1-8,11H,9-10H2,(H,19,22). The first-order valence-corrected chi connectivity index (χ1v) is 9.27. The monoisotopic (exact) mass is 354 g/mol. The molecule has 0 aliphatic carbocycles. The van der Waals surface area contributed by atoms with Crippen LogP contribution in [0.4, 0.5) is 5.69 Å². The lowest BCUT2D eigenvalue weighted by Gasteiger charge is -2.27. The second-order valence-electron chi connectivity index (χ2n) is 5.68. The van der Waals surface area contributed by atoms with Crippen molar-refractivity contribution in [1.29, 1.82) is 0 Å². The van der Waals surface area contributed by atoms with Crippen LogP contribution in [0, 0.1) is 0 Å². The summed E-state index contributed by atoms with van der Waals surface area (Å²) in [5.41, 5.74) is 1.76. The van der Waals surface area contributed by atoms with Crippen LogP contribution in [0.15, 0.2) is 64.9 Å². The van der Waals surface area contributed by atoms with E-state index in [-0.39, 0.29) is 18.2 Å². The van der Waals surface area contributed by atoms with Gasteiger partial charge < -0.3 is 10.2 Å². The maximum absolute atomic E-state index is 12.6. The van der Waals surface area contributed by atoms with Crippen LogP contribution in [-0.4, -0.2) is 42.3 Å². The van der Waals surface area contributed by atoms with Gasteiger partial charge in [-0.3, -0.25) is 9.78 Å². The van der Waals surface area contributed by atoms with Gasteiger partial charge in [0.1, 0.15) is 5.84 Å². The molecule has 0 bridgehead atoms. The van der Waals surface area contributed by atoms with E-state index in [0.717, 1.165) is 5.39 Å². The minimum Gasteiger partial charge on any atom is -0.330 e. The number of fused-ring (bicyclic) bond motifs is 2. The molecular formula is C17H14N4O3S. The summed E-state index contributed by atoms with van der Waals surface area (Å²) in [5, 5.41) is 3.80. The van der Waals surface area contributed by atoms with E-state index in [9.17, 15) is 13.2 Å². The van der Waals surface area contributed by atoms with Crippen molar-refractivity contribution in [3.05, 3.63) is 60.5 Å². The second kappa shape index (κ2) is 5.82. The van der Waals surface area contributed by atoms with E-state index in [1.807, 2.05) is 24.3 Å². The summed E-state index contributed by atoms with van der Waals surface area (Å²) in [6.07, 6.45) is 6.38. The summed E-state index contributed by atoms with van der Waals surface area (Å²) in [5.74, 6) is -0.0280. The average molecular weight is 354 g/mol. The molecule has 1 N–H and O–H groups in total. The average Bonchev–Trinajstić information content (AvgIpc) is 2.61. The van der Waals surface area contributed by atoms with Gasteiger partial charge in [-0.2, -0.15) is 0 Å². The summed E-state index contributed by atoms with van der Waals surface area (Å²) in [6.45, 7) is 0.276. The van der Waals surface area contributed by atoms with Gasteiger partial charge in [0.05, 0.1) is 22.5 Å². The second-order valence-corrected chi connectivity index (χ2v) is 7.44. The molecule has 1 aromatic carbocycles. The van der Waals surface area contributed by atoms with Gasteiger partial charge in [0.2, 0.25) is 0 Å². The molecule has 0 radical (unpaired) electrons. The summed E-state index contributed by atoms with van der Waals surface area (Å²) in [4.78, 5) is 18.5. The van der Waals surface area contributed by atoms with E-state index in [2.05, 4.69) is 14.7 Å². The molecule has 0 saturated carbocycles. The lowest BCUT2D eigenvalue weighted by molar-refractivity contribution is -0.112. The zero-order valence-electron chi connectivity index (χ0n) is 13.1. The molecule has 126 valence electrons. The molecule has 0 saturated heterocycles. The normalized spacial score (nSPS) is 18.3. The minimum atomic E-state index is -3.41. The number of hydrogen-bond donors (Lipinski definition) is 1. The van der Waals surface area contributed by atoms with Crippen molar-refractivity contribution < 1.29 is 13.2 Å². The molecule has 2 aliphatic heterocycles. The third kappa shape index (κ3) is 3.03. The fraction of sp³-hybridized carbons (Fsp3) is 0.118. The number of carbonyl (C=O) groups excluding carboxylic acids is 1. The molecular weight excluding hydrogens is 340 g/mol. The zero-order chi connectivity index (χ0) is 17.4. The zero-order valence-corrected chi connectivity index (χ0v) is 13.9. The van der Waals surface area contributed by atoms with Crippen LogP contribution in [0.25, 0.3) is 10.9 Å². The lowest BCUT2D eigenvalue weighted by Crippen LogP contribution is -2.37. The van der Waals surface area contributed by atoms with Gasteiger partial charge in [-0.1, -0.05) is 18.2 Å². The van der Waals surface area contributed by atoms with Gasteiger partial charge in [0.15, 0.2) is 0 Å². The van der Waals surface area contributed by atoms with Gasteiger partial charge in [-0.25, -0.2) is 8.42 Å². The molecule has 1 aromatic heterocycles. The van der Waals surface area contributed by atoms with Crippen LogP contribution in [-0.2, 0) is 14.8 Å². The maximum Gasteiger partial charge on any atom is 0.257 e. The number of hydrogen-bond acceptors (Lipinski definition) is 5. The third-order valence-corrected chi connectivity index (χ3v) is 5.13. The van der Waals surface area contributed by atoms with Crippen LogP contribution in [0.3, 0.4) is 0 Å². The Kier molecular flexibility index (Phi) is 3.61. The fourth-order valence-electron chi connectivity index (χ4n) is 2.73. The highest BCUT2D eigenvalue weighted by atomic mass is 32.2. The molecule has 0 unspecified atom stereocenters. The van der Waals surface area contributed by atoms with Gasteiger partial charge in [-0.15, -0.1) is 4.40 Å². The molecule has 4 rings (SSSR count). The van der Waals surface area contributed by atoms with E-state index >= 15 is 0 Å². The smallest absolute Gasteiger partial charge is 0.257 e. The van der Waals surface area contributed by atoms with E-state index in [4.69, 9.17) is 0 Å². The Hall–Kier alpha value is -3.00. The summed E-state index contributed by atoms with van der Waals surface area (Å²) in [7, 11) is -3.41. The molecule has 0 fully saturated rings. The Morgan fingerprint density at radius 1 is 1.16 bits per heavy atom. The Morgan fingerprint density at radius 3 is 2.88 bits per heavy atom. The van der Waals surface area contributed by atoms with Crippen molar-refractivity contribution in [1.82, 2.24) is 9.88 Å². The Morgan fingerprint density at radius 2 is 2.00 bits per heavy atom. The number of pyridine rings is 1. The first-order valence-electron chi connectivity index (χ1n) is 7.66. The van der Waals surface area contributed by atoms with E-state index < -0.39 is 10.0 Å². The number of sulfonamides is 1. The molecule has 2 aliphatic rings. The number of amidine groups is 1. The molecule has 8 heteroatoms. The lowest BCUT2D eigenvalue weighted by atomic mass is 10.1. The quantitative estimate of drug-likeness (QED) is 0.886. The third-order valence-electron chi connectivity index (χ3n) is 3.97. The number of para-hydroxylation sites is 1. The number of rotatable bonds is 2. The summed E-state index contributed by atoms with van der Waals surface area (Å²) in [6, 6.07) is 9.33. The van der Waals surface area contributed by atoms with E-state index in [1.54, 1.807) is 29.4 Å². The van der Waals surface area contributed by atoms with Gasteiger partial charge >= 0.3 is 0 Å². The van der Waals surface area contributed by atoms with Gasteiger partial charge in [0.25, 0.3) is 15.9 Å². The number of benzene rings is 1. The SMILES string of the molecule is O=C(Nc1cccc2cccnc12)C1=CN2CCS(=O)(=O)N=C2C=C1. The Labute approximate surface area is 144 Å². The molecule has 3 heterocycles. The Bertz CT molecular complexity index is 1060. The molecule has 1 amide bonds. The van der Waals surface area contributed by atoms with Crippen molar-refractivity contribution in [2.45, 2.75) is 0 Å². The van der Waals surface area contributed by atoms with Gasteiger partial charge in [0, 0.05) is 24.3 Å². The summed E-state index contributed by atoms with van der Waals surface area (Å²) < 4.78 is 26.8. The molecule has 2 aromatic rings. The predicted octanol–water partition coefficient (Wildman–Crippen LogP) is 1.67. The van der Waals surface area contributed by atoms with Crippen LogP contribution in [0.5, 0.6) is 0 Å². The van der Waals surface area contributed by atoms with Crippen molar-refractivity contribution >= 4 is 38.4 Å². The van der Waals surface area contributed by atoms with E-state index in [1.165, 1.54) is 6.08 Å². The van der Waals surface area contributed by atoms with Crippen molar-refractivity contribution in [2.75, 3.05) is 17.6 Å². The number of aromatic nitrogens is 1. The van der Waals surface area contributed by atoms with Crippen LogP contribution in [0.1, 0.15) is 0 Å². The predicted molar refractivity (Wildman–Crippen MR) is 95.5 cm³/mol. The van der Waals surface area contributed by atoms with Crippen molar-refractivity contribution in [2.24, 2.45) is 4.40 Å². The number of carbonyl (C=O) groups is 1. The number of amides is 1.